The van der Waals surface area contributed by atoms with E-state index < -0.39 is 5.30 Å². The Morgan fingerprint density at radius 1 is 1.09 bits per heavy atom. The van der Waals surface area contributed by atoms with Crippen molar-refractivity contribution in [3.05, 3.63) is 47.8 Å². The fourth-order valence-electron chi connectivity index (χ4n) is 3.29. The molecule has 0 saturated carbocycles. The van der Waals surface area contributed by atoms with Crippen molar-refractivity contribution >= 4 is 39.8 Å². The predicted octanol–water partition coefficient (Wildman–Crippen LogP) is 3.76. The number of aromatic nitrogens is 4. The van der Waals surface area contributed by atoms with E-state index in [2.05, 4.69) is 15.4 Å². The normalized spacial score (nSPS) is 11.0. The molecule has 0 aliphatic carbocycles. The van der Waals surface area contributed by atoms with Gasteiger partial charge in [-0.15, -0.1) is 5.10 Å². The van der Waals surface area contributed by atoms with Gasteiger partial charge in [-0.3, -0.25) is 4.18 Å². The number of nitrogens with zero attached hydrogens (tertiary/aromatic N) is 4. The van der Waals surface area contributed by atoms with E-state index in [4.69, 9.17) is 28.5 Å². The molecule has 0 unspecified atom stereocenters. The summed E-state index contributed by atoms with van der Waals surface area (Å²) < 4.78 is 22.8. The number of carboxylic acid groups (broad SMARTS) is 1. The molecule has 0 bridgehead atoms. The number of nitrogens with one attached hydrogen (secondary N) is 1. The molecule has 0 fully saturated rings. The summed E-state index contributed by atoms with van der Waals surface area (Å²) in [6.45, 7) is 0.298. The largest absolute Gasteiger partial charge is 0.497 e. The van der Waals surface area contributed by atoms with Gasteiger partial charge < -0.3 is 24.6 Å². The van der Waals surface area contributed by atoms with Crippen molar-refractivity contribution in [2.24, 2.45) is 0 Å². The van der Waals surface area contributed by atoms with Crippen LogP contribution in [0.25, 0.3) is 16.6 Å². The molecule has 2 aromatic heterocycles. The molecule has 172 valence electrons. The van der Waals surface area contributed by atoms with Gasteiger partial charge in [-0.25, -0.2) is 14.8 Å². The molecule has 2 N–H and O–H groups in total. The molecular formula is C21H21N5O6S. The molecule has 4 rings (SSSR count). The monoisotopic (exact) mass is 471 g/mol. The fourth-order valence-corrected chi connectivity index (χ4v) is 3.56. The number of carbonyl (C=O) groups is 1. The average Bonchev–Trinajstić information content (AvgIpc) is 3.26. The predicted molar refractivity (Wildman–Crippen MR) is 122 cm³/mol. The van der Waals surface area contributed by atoms with Gasteiger partial charge in [0.25, 0.3) is 0 Å². The van der Waals surface area contributed by atoms with E-state index >= 15 is 0 Å². The van der Waals surface area contributed by atoms with Crippen LogP contribution >= 0.6 is 12.0 Å². The van der Waals surface area contributed by atoms with E-state index in [1.807, 2.05) is 30.3 Å². The molecule has 11 nitrogen and oxygen atoms in total. The zero-order valence-corrected chi connectivity index (χ0v) is 18.9. The number of hydrogen-bond donors (Lipinski definition) is 2. The summed E-state index contributed by atoms with van der Waals surface area (Å²) >= 11 is 0.317. The summed E-state index contributed by atoms with van der Waals surface area (Å²) in [5.74, 6) is 2.67. The molecule has 0 spiro atoms. The molecular weight excluding hydrogens is 450 g/mol. The van der Waals surface area contributed by atoms with Crippen molar-refractivity contribution in [1.29, 1.82) is 0 Å². The third-order valence-electron chi connectivity index (χ3n) is 4.78. The maximum atomic E-state index is 10.7. The first-order valence-electron chi connectivity index (χ1n) is 9.73. The summed E-state index contributed by atoms with van der Waals surface area (Å²) in [4.78, 5) is 20.0. The first kappa shape index (κ1) is 22.4. The van der Waals surface area contributed by atoms with Crippen LogP contribution in [0.1, 0.15) is 11.4 Å². The van der Waals surface area contributed by atoms with Crippen molar-refractivity contribution in [3.8, 4) is 17.2 Å². The van der Waals surface area contributed by atoms with Gasteiger partial charge in [-0.2, -0.15) is 4.52 Å². The highest BCUT2D eigenvalue weighted by Crippen LogP contribution is 2.29. The minimum Gasteiger partial charge on any atom is -0.497 e. The maximum absolute atomic E-state index is 10.7. The Morgan fingerprint density at radius 2 is 1.91 bits per heavy atom. The van der Waals surface area contributed by atoms with Gasteiger partial charge >= 0.3 is 5.30 Å². The first-order valence-corrected chi connectivity index (χ1v) is 10.5. The number of methoxy groups -OCH3 is 3. The lowest BCUT2D eigenvalue weighted by Gasteiger charge is -2.13. The van der Waals surface area contributed by atoms with Gasteiger partial charge in [0.2, 0.25) is 5.95 Å². The lowest BCUT2D eigenvalue weighted by molar-refractivity contribution is 0.218. The quantitative estimate of drug-likeness (QED) is 0.346. The number of anilines is 1. The van der Waals surface area contributed by atoms with Gasteiger partial charge in [0.1, 0.15) is 41.4 Å². The molecule has 0 aliphatic heterocycles. The highest BCUT2D eigenvalue weighted by Gasteiger charge is 2.17. The van der Waals surface area contributed by atoms with Crippen LogP contribution in [0.2, 0.25) is 0 Å². The smallest absolute Gasteiger partial charge is 0.392 e. The minimum absolute atomic E-state index is 0.0874. The van der Waals surface area contributed by atoms with Gasteiger partial charge in [-0.1, -0.05) is 6.07 Å². The summed E-state index contributed by atoms with van der Waals surface area (Å²) in [5.41, 5.74) is 2.02. The Labute approximate surface area is 192 Å². The van der Waals surface area contributed by atoms with E-state index in [0.717, 1.165) is 10.9 Å². The zero-order valence-electron chi connectivity index (χ0n) is 18.1. The van der Waals surface area contributed by atoms with E-state index in [1.54, 1.807) is 31.9 Å². The third kappa shape index (κ3) is 4.71. The second kappa shape index (κ2) is 9.79. The zero-order chi connectivity index (χ0) is 23.4. The number of fused-ring (bicyclic) bond motifs is 3. The Hall–Kier alpha value is -3.77. The maximum Gasteiger partial charge on any atom is 0.392 e. The van der Waals surface area contributed by atoms with Gasteiger partial charge in [0.05, 0.1) is 21.3 Å². The molecule has 0 amide bonds. The van der Waals surface area contributed by atoms with Crippen molar-refractivity contribution < 1.29 is 28.3 Å². The summed E-state index contributed by atoms with van der Waals surface area (Å²) in [6.07, 6.45) is 0. The molecule has 0 atom stereocenters. The highest BCUT2D eigenvalue weighted by molar-refractivity contribution is 8.09. The van der Waals surface area contributed by atoms with Crippen molar-refractivity contribution in [3.63, 3.8) is 0 Å². The molecule has 33 heavy (non-hydrogen) atoms. The lowest BCUT2D eigenvalue weighted by atomic mass is 10.2. The number of hydrogen-bond acceptors (Lipinski definition) is 10. The Kier molecular flexibility index (Phi) is 6.66. The Morgan fingerprint density at radius 3 is 2.64 bits per heavy atom. The molecule has 2 aromatic carbocycles. The Balaban J connectivity index is 1.74. The van der Waals surface area contributed by atoms with Crippen LogP contribution < -0.4 is 19.5 Å². The van der Waals surface area contributed by atoms with Crippen molar-refractivity contribution in [2.75, 3.05) is 26.6 Å². The van der Waals surface area contributed by atoms with Crippen LogP contribution in [-0.2, 0) is 17.3 Å². The molecule has 0 aliphatic rings. The van der Waals surface area contributed by atoms with Crippen molar-refractivity contribution in [1.82, 2.24) is 19.6 Å². The van der Waals surface area contributed by atoms with Gasteiger partial charge in [0.15, 0.2) is 11.5 Å². The number of para-hydroxylation sites is 1. The molecule has 12 heteroatoms. The van der Waals surface area contributed by atoms with Crippen LogP contribution in [-0.4, -0.2) is 51.3 Å². The lowest BCUT2D eigenvalue weighted by Crippen LogP contribution is -2.09. The van der Waals surface area contributed by atoms with Gasteiger partial charge in [0, 0.05) is 23.6 Å². The minimum atomic E-state index is -1.15. The number of rotatable bonds is 9. The second-order valence-electron chi connectivity index (χ2n) is 6.70. The fraction of sp³-hybridized carbons (Fsp3) is 0.238. The van der Waals surface area contributed by atoms with Crippen LogP contribution in [0.15, 0.2) is 36.4 Å². The summed E-state index contributed by atoms with van der Waals surface area (Å²) in [5, 5.41) is 16.1. The molecule has 0 radical (unpaired) electrons. The van der Waals surface area contributed by atoms with Gasteiger partial charge in [-0.05, 0) is 24.3 Å². The van der Waals surface area contributed by atoms with Crippen molar-refractivity contribution in [2.45, 2.75) is 13.2 Å². The SMILES string of the molecule is COc1ccc(CNc2nc3c(OC)cccc3c3nc(COSC(=O)O)nn23)c(OC)c1. The first-order chi connectivity index (χ1) is 16.0. The topological polar surface area (TPSA) is 129 Å². The third-order valence-corrected chi connectivity index (χ3v) is 5.16. The number of ether oxygens (including phenoxy) is 3. The van der Waals surface area contributed by atoms with E-state index in [0.29, 0.717) is 58.8 Å². The standard InChI is InChI=1S/C21H21N5O6S/c1-29-13-8-7-12(16(9-13)31-3)10-22-20-24-18-14(5-4-6-15(18)30-2)19-23-17(25-26(19)20)11-32-33-21(27)28/h4-9H,10-11H2,1-3H3,(H,22,24)(H,27,28). The second-order valence-corrected chi connectivity index (χ2v) is 7.45. The number of benzene rings is 2. The summed E-state index contributed by atoms with van der Waals surface area (Å²) in [6, 6.07) is 11.1. The average molecular weight is 471 g/mol. The molecule has 0 saturated heterocycles. The highest BCUT2D eigenvalue weighted by atomic mass is 32.2. The van der Waals surface area contributed by atoms with E-state index in [-0.39, 0.29) is 6.61 Å². The van der Waals surface area contributed by atoms with Crippen LogP contribution in [0, 0.1) is 0 Å². The van der Waals surface area contributed by atoms with E-state index in [9.17, 15) is 4.79 Å². The summed E-state index contributed by atoms with van der Waals surface area (Å²) in [7, 11) is 4.76. The Bertz CT molecular complexity index is 1310. The molecule has 4 aromatic rings. The molecule has 2 heterocycles. The van der Waals surface area contributed by atoms with Crippen LogP contribution in [0.5, 0.6) is 17.2 Å². The van der Waals surface area contributed by atoms with Crippen LogP contribution in [0.4, 0.5) is 10.7 Å². The van der Waals surface area contributed by atoms with Crippen LogP contribution in [0.3, 0.4) is 0 Å². The van der Waals surface area contributed by atoms with E-state index in [1.165, 1.54) is 0 Å².